The van der Waals surface area contributed by atoms with Crippen LogP contribution in [0.4, 0.5) is 5.69 Å². The zero-order valence-corrected chi connectivity index (χ0v) is 12.8. The van der Waals surface area contributed by atoms with Gasteiger partial charge in [0.1, 0.15) is 5.75 Å². The number of nitrogens with one attached hydrogen (secondary N) is 1. The van der Waals surface area contributed by atoms with Crippen molar-refractivity contribution >= 4 is 5.69 Å². The molecule has 0 heterocycles. The Kier molecular flexibility index (Phi) is 4.14. The van der Waals surface area contributed by atoms with E-state index in [0.717, 1.165) is 17.4 Å². The smallest absolute Gasteiger partial charge is 0.121 e. The lowest BCUT2D eigenvalue weighted by Gasteiger charge is -2.21. The van der Waals surface area contributed by atoms with Gasteiger partial charge in [0.15, 0.2) is 0 Å². The molecule has 0 radical (unpaired) electrons. The zero-order chi connectivity index (χ0) is 14.7. The molecule has 1 N–H and O–H groups in total. The summed E-state index contributed by atoms with van der Waals surface area (Å²) in [5.41, 5.74) is 3.83. The van der Waals surface area contributed by atoms with Crippen LogP contribution in [0.1, 0.15) is 36.9 Å². The minimum Gasteiger partial charge on any atom is -0.494 e. The molecule has 110 valence electrons. The van der Waals surface area contributed by atoms with Crippen molar-refractivity contribution < 1.29 is 4.74 Å². The Morgan fingerprint density at radius 1 is 1.14 bits per heavy atom. The van der Waals surface area contributed by atoms with Crippen molar-refractivity contribution in [1.82, 2.24) is 0 Å². The van der Waals surface area contributed by atoms with E-state index in [4.69, 9.17) is 4.74 Å². The first kappa shape index (κ1) is 14.0. The summed E-state index contributed by atoms with van der Waals surface area (Å²) < 4.78 is 5.59. The van der Waals surface area contributed by atoms with Crippen LogP contribution in [0.15, 0.2) is 48.5 Å². The first-order chi connectivity index (χ1) is 10.3. The molecule has 2 nitrogen and oxygen atoms in total. The van der Waals surface area contributed by atoms with E-state index in [0.29, 0.717) is 12.6 Å². The molecule has 2 heteroatoms. The topological polar surface area (TPSA) is 21.3 Å². The second-order valence-corrected chi connectivity index (χ2v) is 5.83. The lowest BCUT2D eigenvalue weighted by Crippen LogP contribution is -2.13. The molecule has 1 saturated carbocycles. The summed E-state index contributed by atoms with van der Waals surface area (Å²) in [6, 6.07) is 17.6. The summed E-state index contributed by atoms with van der Waals surface area (Å²) in [7, 11) is 0. The van der Waals surface area contributed by atoms with Crippen molar-refractivity contribution in [3.8, 4) is 5.75 Å². The number of benzene rings is 2. The van der Waals surface area contributed by atoms with Gasteiger partial charge in [-0.1, -0.05) is 35.9 Å². The monoisotopic (exact) mass is 281 g/mol. The molecular formula is C19H23NO. The predicted octanol–water partition coefficient (Wildman–Crippen LogP) is 4.96. The fraction of sp³-hybridized carbons (Fsp3) is 0.368. The van der Waals surface area contributed by atoms with Crippen LogP contribution in [0.3, 0.4) is 0 Å². The molecule has 1 atom stereocenters. The highest BCUT2D eigenvalue weighted by atomic mass is 16.5. The van der Waals surface area contributed by atoms with Gasteiger partial charge < -0.3 is 10.1 Å². The molecule has 1 aliphatic carbocycles. The molecule has 3 rings (SSSR count). The molecular weight excluding hydrogens is 258 g/mol. The lowest BCUT2D eigenvalue weighted by molar-refractivity contribution is 0.340. The molecule has 0 amide bonds. The lowest BCUT2D eigenvalue weighted by atomic mass is 10.0. The first-order valence-electron chi connectivity index (χ1n) is 7.82. The van der Waals surface area contributed by atoms with E-state index < -0.39 is 0 Å². The summed E-state index contributed by atoms with van der Waals surface area (Å²) >= 11 is 0. The van der Waals surface area contributed by atoms with Gasteiger partial charge >= 0.3 is 0 Å². The van der Waals surface area contributed by atoms with E-state index in [2.05, 4.69) is 48.6 Å². The van der Waals surface area contributed by atoms with E-state index >= 15 is 0 Å². The molecule has 0 aromatic heterocycles. The van der Waals surface area contributed by atoms with Gasteiger partial charge in [-0.15, -0.1) is 0 Å². The molecule has 0 aliphatic heterocycles. The summed E-state index contributed by atoms with van der Waals surface area (Å²) in [4.78, 5) is 0. The standard InChI is InChI=1S/C19H23NO/c1-3-21-18-6-4-5-17(13-18)20-19(16-11-12-16)15-9-7-14(2)8-10-15/h4-10,13,16,19-20H,3,11-12H2,1-2H3. The van der Waals surface area contributed by atoms with Crippen LogP contribution in [0.2, 0.25) is 0 Å². The molecule has 1 unspecified atom stereocenters. The fourth-order valence-corrected chi connectivity index (χ4v) is 2.70. The molecule has 2 aromatic carbocycles. The Balaban J connectivity index is 1.79. The second-order valence-electron chi connectivity index (χ2n) is 5.83. The quantitative estimate of drug-likeness (QED) is 0.808. The SMILES string of the molecule is CCOc1cccc(NC(c2ccc(C)cc2)C2CC2)c1. The third-order valence-electron chi connectivity index (χ3n) is 4.00. The normalized spacial score (nSPS) is 15.5. The zero-order valence-electron chi connectivity index (χ0n) is 12.8. The largest absolute Gasteiger partial charge is 0.494 e. The maximum absolute atomic E-state index is 5.59. The minimum absolute atomic E-state index is 0.405. The van der Waals surface area contributed by atoms with Crippen molar-refractivity contribution in [2.45, 2.75) is 32.7 Å². The van der Waals surface area contributed by atoms with E-state index in [1.165, 1.54) is 24.0 Å². The van der Waals surface area contributed by atoms with Crippen LogP contribution in [0.5, 0.6) is 5.75 Å². The Bertz CT molecular complexity index is 587. The number of rotatable bonds is 6. The number of hydrogen-bond donors (Lipinski definition) is 1. The second kappa shape index (κ2) is 6.21. The van der Waals surface area contributed by atoms with E-state index in [-0.39, 0.29) is 0 Å². The highest BCUT2D eigenvalue weighted by Gasteiger charge is 2.32. The molecule has 0 spiro atoms. The molecule has 2 aromatic rings. The Morgan fingerprint density at radius 2 is 1.90 bits per heavy atom. The fourth-order valence-electron chi connectivity index (χ4n) is 2.70. The van der Waals surface area contributed by atoms with Gasteiger partial charge in [-0.25, -0.2) is 0 Å². The van der Waals surface area contributed by atoms with E-state index in [1.54, 1.807) is 0 Å². The van der Waals surface area contributed by atoms with Gasteiger partial charge in [0.2, 0.25) is 0 Å². The predicted molar refractivity (Wildman–Crippen MR) is 87.9 cm³/mol. The highest BCUT2D eigenvalue weighted by molar-refractivity contribution is 5.50. The van der Waals surface area contributed by atoms with Gasteiger partial charge in [-0.2, -0.15) is 0 Å². The van der Waals surface area contributed by atoms with Crippen molar-refractivity contribution in [3.63, 3.8) is 0 Å². The maximum atomic E-state index is 5.59. The Morgan fingerprint density at radius 3 is 2.57 bits per heavy atom. The molecule has 1 fully saturated rings. The van der Waals surface area contributed by atoms with Gasteiger partial charge in [0.05, 0.1) is 12.6 Å². The van der Waals surface area contributed by atoms with Crippen LogP contribution in [-0.4, -0.2) is 6.61 Å². The van der Waals surface area contributed by atoms with Gasteiger partial charge in [-0.05, 0) is 50.3 Å². The average Bonchev–Trinajstić information content (AvgIpc) is 3.31. The van der Waals surface area contributed by atoms with Crippen LogP contribution in [-0.2, 0) is 0 Å². The maximum Gasteiger partial charge on any atom is 0.121 e. The molecule has 1 aliphatic rings. The number of ether oxygens (including phenoxy) is 1. The average molecular weight is 281 g/mol. The third-order valence-corrected chi connectivity index (χ3v) is 4.00. The molecule has 21 heavy (non-hydrogen) atoms. The minimum atomic E-state index is 0.405. The van der Waals surface area contributed by atoms with Crippen molar-refractivity contribution in [1.29, 1.82) is 0 Å². The molecule has 0 saturated heterocycles. The van der Waals surface area contributed by atoms with Crippen LogP contribution < -0.4 is 10.1 Å². The number of anilines is 1. The van der Waals surface area contributed by atoms with Gasteiger partial charge in [0.25, 0.3) is 0 Å². The van der Waals surface area contributed by atoms with E-state index in [1.807, 2.05) is 19.1 Å². The summed E-state index contributed by atoms with van der Waals surface area (Å²) in [6.07, 6.45) is 2.63. The van der Waals surface area contributed by atoms with Crippen LogP contribution >= 0.6 is 0 Å². The Hall–Kier alpha value is -1.96. The van der Waals surface area contributed by atoms with Gasteiger partial charge in [0, 0.05) is 11.8 Å². The van der Waals surface area contributed by atoms with Crippen molar-refractivity contribution in [2.24, 2.45) is 5.92 Å². The Labute approximate surface area is 127 Å². The third kappa shape index (κ3) is 3.57. The van der Waals surface area contributed by atoms with Crippen molar-refractivity contribution in [3.05, 3.63) is 59.7 Å². The highest BCUT2D eigenvalue weighted by Crippen LogP contribution is 2.43. The van der Waals surface area contributed by atoms with Gasteiger partial charge in [-0.3, -0.25) is 0 Å². The summed E-state index contributed by atoms with van der Waals surface area (Å²) in [5, 5.41) is 3.70. The van der Waals surface area contributed by atoms with Crippen molar-refractivity contribution in [2.75, 3.05) is 11.9 Å². The van der Waals surface area contributed by atoms with Crippen LogP contribution in [0.25, 0.3) is 0 Å². The number of aryl methyl sites for hydroxylation is 1. The summed E-state index contributed by atoms with van der Waals surface area (Å²) in [5.74, 6) is 1.68. The molecule has 0 bridgehead atoms. The summed E-state index contributed by atoms with van der Waals surface area (Å²) in [6.45, 7) is 4.85. The first-order valence-corrected chi connectivity index (χ1v) is 7.82. The van der Waals surface area contributed by atoms with Crippen LogP contribution in [0, 0.1) is 12.8 Å². The number of hydrogen-bond acceptors (Lipinski definition) is 2. The van der Waals surface area contributed by atoms with E-state index in [9.17, 15) is 0 Å².